The van der Waals surface area contributed by atoms with E-state index < -0.39 is 0 Å². The van der Waals surface area contributed by atoms with Gasteiger partial charge in [0.05, 0.1) is 43.1 Å². The van der Waals surface area contributed by atoms with Gasteiger partial charge in [-0.15, -0.1) is 0 Å². The summed E-state index contributed by atoms with van der Waals surface area (Å²) in [6.45, 7) is 7.11. The number of Topliss-reactive ketones (excluding diaryl/α,β-unsaturated/α-hetero) is 1. The van der Waals surface area contributed by atoms with Gasteiger partial charge >= 0.3 is 0 Å². The highest BCUT2D eigenvalue weighted by molar-refractivity contribution is 6.20. The predicted octanol–water partition coefficient (Wildman–Crippen LogP) is 2.41. The summed E-state index contributed by atoms with van der Waals surface area (Å²) in [7, 11) is 4.26. The number of ether oxygens (including phenoxy) is 2. The lowest BCUT2D eigenvalue weighted by molar-refractivity contribution is -0.200. The molecule has 6 rings (SSSR count). The zero-order chi connectivity index (χ0) is 29.1. The molecule has 3 heterocycles. The Morgan fingerprint density at radius 2 is 1.79 bits per heavy atom. The minimum atomic E-state index is -0.187. The van der Waals surface area contributed by atoms with Crippen molar-refractivity contribution in [2.24, 2.45) is 17.8 Å². The number of morpholine rings is 2. The molecule has 0 aromatic heterocycles. The number of ketones is 1. The normalized spacial score (nSPS) is 36.6. The summed E-state index contributed by atoms with van der Waals surface area (Å²) in [4.78, 5) is 34.5. The molecule has 2 N–H and O–H groups in total. The average Bonchev–Trinajstić information content (AvgIpc) is 3.00. The van der Waals surface area contributed by atoms with Crippen molar-refractivity contribution in [2.45, 2.75) is 101 Å². The van der Waals surface area contributed by atoms with Gasteiger partial charge in [0.1, 0.15) is 0 Å². The van der Waals surface area contributed by atoms with Gasteiger partial charge in [-0.3, -0.25) is 14.5 Å². The van der Waals surface area contributed by atoms with Gasteiger partial charge in [-0.05, 0) is 90.5 Å². The summed E-state index contributed by atoms with van der Waals surface area (Å²) in [5.41, 5.74) is 0.378. The van der Waals surface area contributed by atoms with Crippen molar-refractivity contribution in [1.82, 2.24) is 25.3 Å². The molecule has 0 aromatic rings. The smallest absolute Gasteiger partial charge is 0.256 e. The zero-order valence-corrected chi connectivity index (χ0v) is 26.1. The highest BCUT2D eigenvalue weighted by Crippen LogP contribution is 2.49. The summed E-state index contributed by atoms with van der Waals surface area (Å²) in [6.07, 6.45) is 14.7. The van der Waals surface area contributed by atoms with Crippen LogP contribution in [0.3, 0.4) is 0 Å². The summed E-state index contributed by atoms with van der Waals surface area (Å²) < 4.78 is 12.5. The number of nitrogens with one attached hydrogen (secondary N) is 2. The first-order chi connectivity index (χ1) is 20.5. The van der Waals surface area contributed by atoms with Crippen molar-refractivity contribution in [3.8, 4) is 0 Å². The molecule has 9 nitrogen and oxygen atoms in total. The average molecular weight is 586 g/mol. The van der Waals surface area contributed by atoms with E-state index in [2.05, 4.69) is 39.4 Å². The van der Waals surface area contributed by atoms with Gasteiger partial charge in [-0.1, -0.05) is 25.7 Å². The van der Waals surface area contributed by atoms with E-state index in [9.17, 15) is 9.59 Å². The second-order valence-electron chi connectivity index (χ2n) is 14.1. The van der Waals surface area contributed by atoms with Crippen LogP contribution in [0.25, 0.3) is 0 Å². The van der Waals surface area contributed by atoms with E-state index >= 15 is 0 Å². The van der Waals surface area contributed by atoms with Gasteiger partial charge in [0.15, 0.2) is 5.78 Å². The molecule has 0 bridgehead atoms. The van der Waals surface area contributed by atoms with Gasteiger partial charge in [-0.2, -0.15) is 0 Å². The van der Waals surface area contributed by atoms with E-state index in [-0.39, 0.29) is 47.9 Å². The van der Waals surface area contributed by atoms with Gasteiger partial charge < -0.3 is 29.9 Å². The summed E-state index contributed by atoms with van der Waals surface area (Å²) in [5.74, 6) is 1.19. The molecular weight excluding hydrogens is 530 g/mol. The molecule has 0 spiro atoms. The van der Waals surface area contributed by atoms with Crippen LogP contribution in [-0.4, -0.2) is 123 Å². The maximum atomic E-state index is 13.9. The Bertz CT molecular complexity index is 968. The number of carbonyl (C=O) groups is 2. The van der Waals surface area contributed by atoms with Gasteiger partial charge in [0.2, 0.25) is 0 Å². The van der Waals surface area contributed by atoms with Crippen molar-refractivity contribution >= 4 is 11.7 Å². The largest absolute Gasteiger partial charge is 0.379 e. The second-order valence-corrected chi connectivity index (χ2v) is 14.1. The van der Waals surface area contributed by atoms with E-state index in [1.165, 1.54) is 32.1 Å². The third-order valence-corrected chi connectivity index (χ3v) is 11.2. The van der Waals surface area contributed by atoms with Crippen LogP contribution >= 0.6 is 0 Å². The lowest BCUT2D eigenvalue weighted by atomic mass is 9.65. The molecule has 42 heavy (non-hydrogen) atoms. The first-order valence-corrected chi connectivity index (χ1v) is 17.1. The number of rotatable bonds is 11. The van der Waals surface area contributed by atoms with Crippen LogP contribution in [0.1, 0.15) is 70.6 Å². The van der Waals surface area contributed by atoms with Crippen LogP contribution in [0.15, 0.2) is 11.8 Å². The van der Waals surface area contributed by atoms with Gasteiger partial charge in [0, 0.05) is 37.8 Å². The highest BCUT2D eigenvalue weighted by atomic mass is 16.5. The van der Waals surface area contributed by atoms with Crippen LogP contribution in [0.4, 0.5) is 0 Å². The Morgan fingerprint density at radius 1 is 1.00 bits per heavy atom. The molecule has 8 unspecified atom stereocenters. The monoisotopic (exact) mass is 585 g/mol. The minimum absolute atomic E-state index is 0.00248. The molecule has 0 radical (unpaired) electrons. The molecule has 0 aromatic carbocycles. The fourth-order valence-corrected chi connectivity index (χ4v) is 8.95. The number of nitrogens with zero attached hydrogens (tertiary/aromatic N) is 3. The fraction of sp³-hybridized carbons (Fsp3) is 0.879. The first-order valence-electron chi connectivity index (χ1n) is 17.1. The van der Waals surface area contributed by atoms with Crippen molar-refractivity contribution in [2.75, 3.05) is 66.6 Å². The number of hydrogen-bond donors (Lipinski definition) is 2. The Hall–Kier alpha value is -1.52. The van der Waals surface area contributed by atoms with Crippen molar-refractivity contribution in [1.29, 1.82) is 0 Å². The quantitative estimate of drug-likeness (QED) is 0.283. The fourth-order valence-electron chi connectivity index (χ4n) is 8.95. The van der Waals surface area contributed by atoms with Crippen LogP contribution in [0.5, 0.6) is 0 Å². The minimum Gasteiger partial charge on any atom is -0.379 e. The van der Waals surface area contributed by atoms with Crippen LogP contribution < -0.4 is 10.6 Å². The van der Waals surface area contributed by atoms with Crippen LogP contribution in [0, 0.1) is 17.8 Å². The molecule has 3 saturated carbocycles. The lowest BCUT2D eigenvalue weighted by Crippen LogP contribution is -2.71. The maximum absolute atomic E-state index is 13.9. The van der Waals surface area contributed by atoms with Crippen LogP contribution in [0.2, 0.25) is 0 Å². The topological polar surface area (TPSA) is 86.4 Å². The van der Waals surface area contributed by atoms with Gasteiger partial charge in [-0.25, -0.2) is 0 Å². The van der Waals surface area contributed by atoms with Crippen molar-refractivity contribution in [3.05, 3.63) is 11.8 Å². The first kappa shape index (κ1) is 30.5. The Balaban J connectivity index is 1.15. The molecule has 5 fully saturated rings. The van der Waals surface area contributed by atoms with Crippen molar-refractivity contribution in [3.63, 3.8) is 0 Å². The SMILES string of the molecule is CN(C)CCCCNC1CCC2C(=O)C(C(=O)NCCCN3CCOCC3)=CN3C4CC5CCCCC5CC4OC1C23. The molecule has 8 atom stereocenters. The number of amides is 1. The summed E-state index contributed by atoms with van der Waals surface area (Å²) in [5, 5.41) is 6.96. The number of unbranched alkanes of at least 4 members (excludes halogenated alkanes) is 1. The van der Waals surface area contributed by atoms with E-state index in [0.717, 1.165) is 96.3 Å². The third-order valence-electron chi connectivity index (χ3n) is 11.2. The highest BCUT2D eigenvalue weighted by Gasteiger charge is 2.57. The predicted molar refractivity (Wildman–Crippen MR) is 163 cm³/mol. The number of fused-ring (bicyclic) bond motifs is 3. The molecule has 6 aliphatic rings. The van der Waals surface area contributed by atoms with Crippen LogP contribution in [-0.2, 0) is 19.1 Å². The van der Waals surface area contributed by atoms with E-state index in [0.29, 0.717) is 12.1 Å². The van der Waals surface area contributed by atoms with Crippen molar-refractivity contribution < 1.29 is 19.1 Å². The molecule has 3 aliphatic heterocycles. The molecule has 3 aliphatic carbocycles. The number of hydrogen-bond acceptors (Lipinski definition) is 8. The maximum Gasteiger partial charge on any atom is 0.256 e. The zero-order valence-electron chi connectivity index (χ0n) is 26.1. The van der Waals surface area contributed by atoms with Gasteiger partial charge in [0.25, 0.3) is 5.91 Å². The summed E-state index contributed by atoms with van der Waals surface area (Å²) >= 11 is 0. The van der Waals surface area contributed by atoms with E-state index in [1.54, 1.807) is 0 Å². The molecule has 2 saturated heterocycles. The standard InChI is InChI=1S/C33H55N5O4/c1-36(2)14-6-5-12-34-27-11-10-25-30-32(27)42-29-21-24-9-4-3-8-23(24)20-28(29)38(30)22-26(31(25)39)33(40)35-13-7-15-37-16-18-41-19-17-37/h22-25,27-30,32,34H,3-21H2,1-2H3,(H,35,40). The molecular formula is C33H55N5O4. The van der Waals surface area contributed by atoms with E-state index in [4.69, 9.17) is 9.47 Å². The Labute approximate surface area is 253 Å². The summed E-state index contributed by atoms with van der Waals surface area (Å²) in [6, 6.07) is 0.559. The number of carbonyl (C=O) groups excluding carboxylic acids is 2. The Morgan fingerprint density at radius 3 is 2.57 bits per heavy atom. The molecule has 9 heteroatoms. The van der Waals surface area contributed by atoms with E-state index in [1.807, 2.05) is 6.20 Å². The molecule has 236 valence electrons. The Kier molecular flexibility index (Phi) is 10.2. The molecule has 1 amide bonds. The third kappa shape index (κ3) is 6.75. The lowest BCUT2D eigenvalue weighted by Gasteiger charge is -2.60. The second kappa shape index (κ2) is 14.1.